The molecule has 0 amide bonds. The van der Waals surface area contributed by atoms with Gasteiger partial charge in [0, 0.05) is 5.56 Å². The predicted octanol–water partition coefficient (Wildman–Crippen LogP) is 2.12. The third-order valence-electron chi connectivity index (χ3n) is 2.84. The van der Waals surface area contributed by atoms with Crippen LogP contribution in [0.2, 0.25) is 0 Å². The molecule has 1 N–H and O–H groups in total. The van der Waals surface area contributed by atoms with E-state index in [0.717, 1.165) is 18.5 Å². The highest BCUT2D eigenvalue weighted by Gasteiger charge is 2.12. The average molecular weight is 308 g/mol. The van der Waals surface area contributed by atoms with Crippen molar-refractivity contribution in [3.05, 3.63) is 47.0 Å². The lowest BCUT2D eigenvalue weighted by Gasteiger charge is -2.06. The molecule has 0 spiro atoms. The van der Waals surface area contributed by atoms with Crippen molar-refractivity contribution in [2.45, 2.75) is 6.61 Å². The first-order valence-electron chi connectivity index (χ1n) is 5.99. The maximum Gasteiger partial charge on any atom is 0.388 e. The number of hydrogen-bond acceptors (Lipinski definition) is 5. The first-order valence-corrected chi connectivity index (χ1v) is 5.99. The Balaban J connectivity index is 2.06. The molecular formula is C13H7F3N4O2. The van der Waals surface area contributed by atoms with E-state index < -0.39 is 18.0 Å². The highest BCUT2D eigenvalue weighted by atomic mass is 19.3. The van der Waals surface area contributed by atoms with Crippen molar-refractivity contribution in [3.63, 3.8) is 0 Å². The van der Waals surface area contributed by atoms with Gasteiger partial charge in [-0.15, -0.1) is 0 Å². The zero-order chi connectivity index (χ0) is 15.7. The molecule has 3 rings (SSSR count). The Kier molecular flexibility index (Phi) is 3.45. The lowest BCUT2D eigenvalue weighted by molar-refractivity contribution is -0.0530. The van der Waals surface area contributed by atoms with Gasteiger partial charge >= 0.3 is 6.61 Å². The SMILES string of the molecule is O=c1[nH]cnc2cc(-c3cnc(OC(F)F)cn3)c(F)cc12. The number of benzene rings is 1. The second-order valence-electron chi connectivity index (χ2n) is 4.20. The van der Waals surface area contributed by atoms with Crippen LogP contribution in [0.15, 0.2) is 35.6 Å². The lowest BCUT2D eigenvalue weighted by atomic mass is 10.1. The largest absolute Gasteiger partial charge is 0.415 e. The number of hydrogen-bond donors (Lipinski definition) is 1. The van der Waals surface area contributed by atoms with Crippen LogP contribution in [-0.4, -0.2) is 26.5 Å². The molecule has 0 bridgehead atoms. The van der Waals surface area contributed by atoms with Gasteiger partial charge in [-0.3, -0.25) is 4.79 Å². The third kappa shape index (κ3) is 2.60. The molecule has 22 heavy (non-hydrogen) atoms. The van der Waals surface area contributed by atoms with Gasteiger partial charge in [0.25, 0.3) is 5.56 Å². The Hall–Kier alpha value is -2.97. The van der Waals surface area contributed by atoms with Gasteiger partial charge in [-0.25, -0.2) is 19.3 Å². The molecule has 9 heteroatoms. The summed E-state index contributed by atoms with van der Waals surface area (Å²) in [4.78, 5) is 25.2. The number of nitrogens with zero attached hydrogens (tertiary/aromatic N) is 3. The standard InChI is InChI=1S/C13H7F3N4O2/c14-8-1-7-9(19-5-20-12(7)21)2-6(8)10-3-18-11(4-17-10)22-13(15)16/h1-5,13H,(H,19,20,21). The second-order valence-corrected chi connectivity index (χ2v) is 4.20. The first kappa shape index (κ1) is 14.0. The van der Waals surface area contributed by atoms with Crippen LogP contribution < -0.4 is 10.3 Å². The lowest BCUT2D eigenvalue weighted by Crippen LogP contribution is -2.07. The molecule has 0 saturated heterocycles. The Bertz CT molecular complexity index is 881. The molecule has 0 fully saturated rings. The van der Waals surface area contributed by atoms with Crippen molar-refractivity contribution in [2.75, 3.05) is 0 Å². The van der Waals surface area contributed by atoms with Gasteiger partial charge in [0.1, 0.15) is 5.82 Å². The number of halogens is 3. The number of alkyl halides is 2. The van der Waals surface area contributed by atoms with E-state index in [4.69, 9.17) is 0 Å². The van der Waals surface area contributed by atoms with Crippen LogP contribution in [0, 0.1) is 5.82 Å². The Morgan fingerprint density at radius 1 is 1.14 bits per heavy atom. The van der Waals surface area contributed by atoms with Crippen molar-refractivity contribution in [2.24, 2.45) is 0 Å². The zero-order valence-electron chi connectivity index (χ0n) is 10.8. The Morgan fingerprint density at radius 3 is 2.64 bits per heavy atom. The minimum Gasteiger partial charge on any atom is -0.415 e. The molecular weight excluding hydrogens is 301 g/mol. The minimum atomic E-state index is -3.02. The van der Waals surface area contributed by atoms with E-state index in [1.165, 1.54) is 12.4 Å². The van der Waals surface area contributed by atoms with Crippen LogP contribution in [0.25, 0.3) is 22.2 Å². The molecule has 3 aromatic rings. The maximum atomic E-state index is 14.1. The zero-order valence-corrected chi connectivity index (χ0v) is 10.8. The van der Waals surface area contributed by atoms with Gasteiger partial charge in [-0.2, -0.15) is 8.78 Å². The number of fused-ring (bicyclic) bond motifs is 1. The third-order valence-corrected chi connectivity index (χ3v) is 2.84. The van der Waals surface area contributed by atoms with Gasteiger partial charge in [0.05, 0.1) is 35.3 Å². The quantitative estimate of drug-likeness (QED) is 0.801. The average Bonchev–Trinajstić information content (AvgIpc) is 2.48. The molecule has 112 valence electrons. The number of aromatic amines is 1. The summed E-state index contributed by atoms with van der Waals surface area (Å²) >= 11 is 0. The van der Waals surface area contributed by atoms with Gasteiger partial charge < -0.3 is 9.72 Å². The molecule has 2 aromatic heterocycles. The fourth-order valence-corrected chi connectivity index (χ4v) is 1.89. The molecule has 1 aromatic carbocycles. The number of aromatic nitrogens is 4. The van der Waals surface area contributed by atoms with Crippen LogP contribution in [0.4, 0.5) is 13.2 Å². The number of ether oxygens (including phenoxy) is 1. The van der Waals surface area contributed by atoms with Crippen LogP contribution in [-0.2, 0) is 0 Å². The van der Waals surface area contributed by atoms with Gasteiger partial charge in [0.15, 0.2) is 0 Å². The Labute approximate surface area is 120 Å². The molecule has 0 unspecified atom stereocenters. The number of H-pyrrole nitrogens is 1. The highest BCUT2D eigenvalue weighted by Crippen LogP contribution is 2.24. The normalized spacial score (nSPS) is 11.1. The topological polar surface area (TPSA) is 80.8 Å². The van der Waals surface area contributed by atoms with Crippen LogP contribution >= 0.6 is 0 Å². The smallest absolute Gasteiger partial charge is 0.388 e. The summed E-state index contributed by atoms with van der Waals surface area (Å²) in [7, 11) is 0. The fourth-order valence-electron chi connectivity index (χ4n) is 1.89. The summed E-state index contributed by atoms with van der Waals surface area (Å²) in [6.45, 7) is -3.02. The van der Waals surface area contributed by atoms with E-state index in [1.54, 1.807) is 0 Å². The summed E-state index contributed by atoms with van der Waals surface area (Å²) in [6, 6.07) is 2.36. The van der Waals surface area contributed by atoms with Crippen molar-refractivity contribution in [1.82, 2.24) is 19.9 Å². The van der Waals surface area contributed by atoms with Gasteiger partial charge in [-0.1, -0.05) is 0 Å². The second kappa shape index (κ2) is 5.43. The molecule has 0 atom stereocenters. The summed E-state index contributed by atoms with van der Waals surface area (Å²) in [5, 5.41) is 0.0920. The van der Waals surface area contributed by atoms with Crippen molar-refractivity contribution >= 4 is 10.9 Å². The monoisotopic (exact) mass is 308 g/mol. The van der Waals surface area contributed by atoms with Gasteiger partial charge in [-0.05, 0) is 12.1 Å². The fraction of sp³-hybridized carbons (Fsp3) is 0.0769. The van der Waals surface area contributed by atoms with Crippen molar-refractivity contribution < 1.29 is 17.9 Å². The van der Waals surface area contributed by atoms with E-state index in [-0.39, 0.29) is 28.0 Å². The van der Waals surface area contributed by atoms with E-state index in [9.17, 15) is 18.0 Å². The summed E-state index contributed by atoms with van der Waals surface area (Å²) < 4.78 is 42.2. The molecule has 0 radical (unpaired) electrons. The molecule has 0 aliphatic carbocycles. The van der Waals surface area contributed by atoms with Crippen LogP contribution in [0.3, 0.4) is 0 Å². The molecule has 2 heterocycles. The van der Waals surface area contributed by atoms with E-state index in [0.29, 0.717) is 0 Å². The van der Waals surface area contributed by atoms with E-state index >= 15 is 0 Å². The van der Waals surface area contributed by atoms with Gasteiger partial charge in [0.2, 0.25) is 5.88 Å². The Morgan fingerprint density at radius 2 is 1.95 bits per heavy atom. The molecule has 6 nitrogen and oxygen atoms in total. The molecule has 0 aliphatic rings. The summed E-state index contributed by atoms with van der Waals surface area (Å²) in [6.07, 6.45) is 3.24. The number of nitrogens with one attached hydrogen (secondary N) is 1. The van der Waals surface area contributed by atoms with Crippen LogP contribution in [0.1, 0.15) is 0 Å². The van der Waals surface area contributed by atoms with Crippen molar-refractivity contribution in [1.29, 1.82) is 0 Å². The van der Waals surface area contributed by atoms with Crippen molar-refractivity contribution in [3.8, 4) is 17.1 Å². The van der Waals surface area contributed by atoms with Crippen LogP contribution in [0.5, 0.6) is 5.88 Å². The predicted molar refractivity (Wildman–Crippen MR) is 70.0 cm³/mol. The first-order chi connectivity index (χ1) is 10.5. The minimum absolute atomic E-state index is 0.0432. The highest BCUT2D eigenvalue weighted by molar-refractivity contribution is 5.82. The molecule has 0 aliphatic heterocycles. The van der Waals surface area contributed by atoms with E-state index in [1.807, 2.05) is 0 Å². The maximum absolute atomic E-state index is 14.1. The summed E-state index contributed by atoms with van der Waals surface area (Å²) in [5.41, 5.74) is -0.0538. The molecule has 0 saturated carbocycles. The summed E-state index contributed by atoms with van der Waals surface area (Å²) in [5.74, 6) is -1.09. The number of rotatable bonds is 3. The van der Waals surface area contributed by atoms with E-state index in [2.05, 4.69) is 24.7 Å².